The van der Waals surface area contributed by atoms with E-state index in [1.807, 2.05) is 25.1 Å². The number of nitrogen functional groups attached to an aromatic ring is 1. The van der Waals surface area contributed by atoms with E-state index in [0.29, 0.717) is 16.8 Å². The van der Waals surface area contributed by atoms with E-state index in [0.717, 1.165) is 5.56 Å². The highest BCUT2D eigenvalue weighted by Crippen LogP contribution is 2.17. The molecule has 0 aliphatic heterocycles. The monoisotopic (exact) mass is 212 g/mol. The summed E-state index contributed by atoms with van der Waals surface area (Å²) in [6.07, 6.45) is 3.08. The van der Waals surface area contributed by atoms with Crippen LogP contribution in [0.25, 0.3) is 0 Å². The van der Waals surface area contributed by atoms with Gasteiger partial charge in [0.25, 0.3) is 0 Å². The van der Waals surface area contributed by atoms with E-state index < -0.39 is 0 Å². The molecule has 0 radical (unpaired) electrons. The molecular weight excluding hydrogens is 200 g/mol. The van der Waals surface area contributed by atoms with Crippen molar-refractivity contribution in [1.82, 2.24) is 4.98 Å². The van der Waals surface area contributed by atoms with Gasteiger partial charge in [0.15, 0.2) is 5.78 Å². The molecule has 0 unspecified atom stereocenters. The predicted octanol–water partition coefficient (Wildman–Crippen LogP) is 2.20. The number of rotatable bonds is 2. The minimum atomic E-state index is -0.0799. The van der Waals surface area contributed by atoms with Gasteiger partial charge in [-0.1, -0.05) is 24.3 Å². The van der Waals surface area contributed by atoms with Crippen LogP contribution in [0.4, 0.5) is 5.69 Å². The van der Waals surface area contributed by atoms with Crippen molar-refractivity contribution in [2.45, 2.75) is 6.92 Å². The van der Waals surface area contributed by atoms with Crippen LogP contribution >= 0.6 is 0 Å². The minimum absolute atomic E-state index is 0.0799. The molecule has 3 nitrogen and oxygen atoms in total. The zero-order valence-corrected chi connectivity index (χ0v) is 8.97. The number of nitrogens with zero attached hydrogens (tertiary/aromatic N) is 1. The lowest BCUT2D eigenvalue weighted by Crippen LogP contribution is -2.07. The molecule has 1 aromatic carbocycles. The van der Waals surface area contributed by atoms with Crippen LogP contribution in [0.3, 0.4) is 0 Å². The van der Waals surface area contributed by atoms with Gasteiger partial charge in [0.2, 0.25) is 0 Å². The molecule has 0 atom stereocenters. The average molecular weight is 212 g/mol. The Hall–Kier alpha value is -2.16. The molecule has 80 valence electrons. The molecule has 1 heterocycles. The largest absolute Gasteiger partial charge is 0.398 e. The molecule has 0 saturated carbocycles. The van der Waals surface area contributed by atoms with Crippen LogP contribution in [-0.4, -0.2) is 10.8 Å². The Morgan fingerprint density at radius 3 is 2.62 bits per heavy atom. The average Bonchev–Trinajstić information content (AvgIpc) is 2.29. The second kappa shape index (κ2) is 4.14. The van der Waals surface area contributed by atoms with Crippen molar-refractivity contribution in [3.63, 3.8) is 0 Å². The summed E-state index contributed by atoms with van der Waals surface area (Å²) in [5, 5.41) is 0. The van der Waals surface area contributed by atoms with E-state index in [2.05, 4.69) is 4.98 Å². The maximum absolute atomic E-state index is 12.2. The van der Waals surface area contributed by atoms with Crippen molar-refractivity contribution in [2.75, 3.05) is 5.73 Å². The van der Waals surface area contributed by atoms with Crippen molar-refractivity contribution >= 4 is 11.5 Å². The summed E-state index contributed by atoms with van der Waals surface area (Å²) >= 11 is 0. The van der Waals surface area contributed by atoms with Crippen molar-refractivity contribution in [1.29, 1.82) is 0 Å². The van der Waals surface area contributed by atoms with E-state index in [1.165, 1.54) is 6.20 Å². The first-order chi connectivity index (χ1) is 7.70. The first-order valence-corrected chi connectivity index (χ1v) is 5.00. The number of hydrogen-bond donors (Lipinski definition) is 1. The Bertz CT molecular complexity index is 487. The molecule has 2 N–H and O–H groups in total. The SMILES string of the molecule is Cc1ccccc1C(=O)c1cnccc1N. The maximum atomic E-state index is 12.2. The van der Waals surface area contributed by atoms with Crippen LogP contribution in [0, 0.1) is 6.92 Å². The summed E-state index contributed by atoms with van der Waals surface area (Å²) in [5.41, 5.74) is 8.27. The zero-order valence-electron chi connectivity index (χ0n) is 8.97. The molecule has 2 rings (SSSR count). The number of nitrogens with two attached hydrogens (primary N) is 1. The third-order valence-corrected chi connectivity index (χ3v) is 2.49. The fraction of sp³-hybridized carbons (Fsp3) is 0.0769. The molecule has 0 saturated heterocycles. The molecule has 0 aliphatic carbocycles. The van der Waals surface area contributed by atoms with Gasteiger partial charge in [-0.05, 0) is 18.6 Å². The van der Waals surface area contributed by atoms with Crippen molar-refractivity contribution in [3.05, 3.63) is 59.4 Å². The van der Waals surface area contributed by atoms with Crippen LogP contribution < -0.4 is 5.73 Å². The van der Waals surface area contributed by atoms with Gasteiger partial charge in [0.05, 0.1) is 5.56 Å². The van der Waals surface area contributed by atoms with Crippen molar-refractivity contribution in [2.24, 2.45) is 0 Å². The van der Waals surface area contributed by atoms with E-state index >= 15 is 0 Å². The highest BCUT2D eigenvalue weighted by atomic mass is 16.1. The molecule has 16 heavy (non-hydrogen) atoms. The number of pyridine rings is 1. The van der Waals surface area contributed by atoms with Gasteiger partial charge in [0, 0.05) is 23.6 Å². The molecule has 0 amide bonds. The first kappa shape index (κ1) is 10.4. The number of aromatic nitrogens is 1. The molecule has 0 spiro atoms. The smallest absolute Gasteiger partial charge is 0.196 e. The van der Waals surface area contributed by atoms with Crippen molar-refractivity contribution in [3.8, 4) is 0 Å². The Balaban J connectivity index is 2.48. The predicted molar refractivity (Wildman–Crippen MR) is 63.3 cm³/mol. The molecular formula is C13H12N2O. The first-order valence-electron chi connectivity index (χ1n) is 5.00. The van der Waals surface area contributed by atoms with Gasteiger partial charge < -0.3 is 5.73 Å². The van der Waals surface area contributed by atoms with Gasteiger partial charge >= 0.3 is 0 Å². The van der Waals surface area contributed by atoms with Crippen LogP contribution in [0.1, 0.15) is 21.5 Å². The number of hydrogen-bond acceptors (Lipinski definition) is 3. The number of aryl methyl sites for hydroxylation is 1. The van der Waals surface area contributed by atoms with E-state index in [9.17, 15) is 4.79 Å². The third-order valence-electron chi connectivity index (χ3n) is 2.49. The van der Waals surface area contributed by atoms with Crippen LogP contribution in [0.2, 0.25) is 0 Å². The standard InChI is InChI=1S/C13H12N2O/c1-9-4-2-3-5-10(9)13(16)11-8-15-7-6-12(11)14/h2-8H,1H3,(H2,14,15). The number of carbonyl (C=O) groups excluding carboxylic acids is 1. The molecule has 1 aromatic heterocycles. The third kappa shape index (κ3) is 1.80. The summed E-state index contributed by atoms with van der Waals surface area (Å²) < 4.78 is 0. The van der Waals surface area contributed by atoms with Crippen LogP contribution in [0.5, 0.6) is 0 Å². The van der Waals surface area contributed by atoms with E-state index in [1.54, 1.807) is 18.3 Å². The molecule has 2 aromatic rings. The lowest BCUT2D eigenvalue weighted by Gasteiger charge is -2.06. The summed E-state index contributed by atoms with van der Waals surface area (Å²) in [5.74, 6) is -0.0799. The summed E-state index contributed by atoms with van der Waals surface area (Å²) in [6.45, 7) is 1.90. The fourth-order valence-electron chi connectivity index (χ4n) is 1.57. The molecule has 3 heteroatoms. The van der Waals surface area contributed by atoms with Crippen molar-refractivity contribution < 1.29 is 4.79 Å². The second-order valence-corrected chi connectivity index (χ2v) is 3.61. The van der Waals surface area contributed by atoms with E-state index in [-0.39, 0.29) is 5.78 Å². The Morgan fingerprint density at radius 1 is 1.19 bits per heavy atom. The quantitative estimate of drug-likeness (QED) is 0.776. The van der Waals surface area contributed by atoms with Gasteiger partial charge in [-0.15, -0.1) is 0 Å². The normalized spacial score (nSPS) is 10.1. The number of carbonyl (C=O) groups is 1. The molecule has 0 fully saturated rings. The van der Waals surface area contributed by atoms with Gasteiger partial charge in [-0.25, -0.2) is 0 Å². The maximum Gasteiger partial charge on any atom is 0.196 e. The fourth-order valence-corrected chi connectivity index (χ4v) is 1.57. The Morgan fingerprint density at radius 2 is 1.94 bits per heavy atom. The van der Waals surface area contributed by atoms with Gasteiger partial charge in [0.1, 0.15) is 0 Å². The minimum Gasteiger partial charge on any atom is -0.398 e. The van der Waals surface area contributed by atoms with Gasteiger partial charge in [-0.3, -0.25) is 9.78 Å². The number of anilines is 1. The van der Waals surface area contributed by atoms with Crippen LogP contribution in [-0.2, 0) is 0 Å². The van der Waals surface area contributed by atoms with Gasteiger partial charge in [-0.2, -0.15) is 0 Å². The summed E-state index contributed by atoms with van der Waals surface area (Å²) in [6, 6.07) is 9.07. The highest BCUT2D eigenvalue weighted by molar-refractivity contribution is 6.12. The number of ketones is 1. The lowest BCUT2D eigenvalue weighted by atomic mass is 9.99. The molecule has 0 aliphatic rings. The molecule has 0 bridgehead atoms. The number of benzene rings is 1. The topological polar surface area (TPSA) is 56.0 Å². The Labute approximate surface area is 93.9 Å². The lowest BCUT2D eigenvalue weighted by molar-refractivity contribution is 0.103. The second-order valence-electron chi connectivity index (χ2n) is 3.61. The highest BCUT2D eigenvalue weighted by Gasteiger charge is 2.13. The summed E-state index contributed by atoms with van der Waals surface area (Å²) in [7, 11) is 0. The Kier molecular flexibility index (Phi) is 2.68. The van der Waals surface area contributed by atoms with E-state index in [4.69, 9.17) is 5.73 Å². The zero-order chi connectivity index (χ0) is 11.5. The summed E-state index contributed by atoms with van der Waals surface area (Å²) in [4.78, 5) is 16.1. The van der Waals surface area contributed by atoms with Crippen LogP contribution in [0.15, 0.2) is 42.7 Å².